The maximum absolute atomic E-state index is 12.0. The van der Waals surface area contributed by atoms with Crippen LogP contribution >= 0.6 is 0 Å². The van der Waals surface area contributed by atoms with Gasteiger partial charge in [-0.3, -0.25) is 4.79 Å². The number of carbonyl (C=O) groups excluding carboxylic acids is 1. The quantitative estimate of drug-likeness (QED) is 0.593. The van der Waals surface area contributed by atoms with Crippen LogP contribution in [0.15, 0.2) is 12.2 Å². The first-order valence-electron chi connectivity index (χ1n) is 5.55. The average molecular weight is 192 g/mol. The fraction of sp³-hybridized carbons (Fsp3) is 0.750. The molecule has 3 rings (SSSR count). The lowest BCUT2D eigenvalue weighted by atomic mass is 9.71. The number of carbonyl (C=O) groups is 1. The van der Waals surface area contributed by atoms with Crippen LogP contribution in [0.1, 0.15) is 32.1 Å². The average Bonchev–Trinajstić information content (AvgIpc) is 2.59. The molecule has 3 saturated carbocycles. The lowest BCUT2D eigenvalue weighted by molar-refractivity contribution is -0.132. The van der Waals surface area contributed by atoms with Gasteiger partial charge in [-0.2, -0.15) is 0 Å². The summed E-state index contributed by atoms with van der Waals surface area (Å²) in [7, 11) is 0. The van der Waals surface area contributed by atoms with Gasteiger partial charge in [-0.1, -0.05) is 12.2 Å². The number of ketones is 1. The van der Waals surface area contributed by atoms with E-state index in [9.17, 15) is 9.90 Å². The minimum atomic E-state index is -0.297. The highest BCUT2D eigenvalue weighted by Crippen LogP contribution is 2.62. The summed E-state index contributed by atoms with van der Waals surface area (Å²) in [5, 5.41) is 9.92. The Hall–Kier alpha value is -0.630. The second-order valence-corrected chi connectivity index (χ2v) is 5.18. The predicted molar refractivity (Wildman–Crippen MR) is 52.7 cm³/mol. The Morgan fingerprint density at radius 2 is 2.21 bits per heavy atom. The summed E-state index contributed by atoms with van der Waals surface area (Å²) >= 11 is 0. The zero-order chi connectivity index (χ0) is 9.92. The molecule has 0 saturated heterocycles. The number of hydrogen-bond acceptors (Lipinski definition) is 2. The summed E-state index contributed by atoms with van der Waals surface area (Å²) in [6.07, 6.45) is 4.06. The standard InChI is InChI=1S/C12H16O2/c1-7-8-2-3-10(14)12(6-8)5-4-9(13)11(7)12/h8-9,11,13H,1-6H2/t8-,9-,11-,12-/m0/s1. The molecule has 0 radical (unpaired) electrons. The van der Waals surface area contributed by atoms with Crippen molar-refractivity contribution in [3.8, 4) is 0 Å². The molecule has 3 aliphatic rings. The van der Waals surface area contributed by atoms with Crippen LogP contribution in [0.4, 0.5) is 0 Å². The van der Waals surface area contributed by atoms with Crippen LogP contribution < -0.4 is 0 Å². The summed E-state index contributed by atoms with van der Waals surface area (Å²) in [6.45, 7) is 4.11. The topological polar surface area (TPSA) is 37.3 Å². The molecule has 2 nitrogen and oxygen atoms in total. The Labute approximate surface area is 84.0 Å². The molecule has 4 atom stereocenters. The van der Waals surface area contributed by atoms with E-state index in [1.807, 2.05) is 0 Å². The molecule has 0 aromatic rings. The van der Waals surface area contributed by atoms with E-state index in [0.29, 0.717) is 18.1 Å². The minimum absolute atomic E-state index is 0.0995. The Balaban J connectivity index is 2.10. The summed E-state index contributed by atoms with van der Waals surface area (Å²) in [5.41, 5.74) is 0.986. The van der Waals surface area contributed by atoms with E-state index in [1.165, 1.54) is 5.57 Å². The van der Waals surface area contributed by atoms with E-state index in [4.69, 9.17) is 0 Å². The van der Waals surface area contributed by atoms with Gasteiger partial charge in [0.1, 0.15) is 5.78 Å². The summed E-state index contributed by atoms with van der Waals surface area (Å²) in [4.78, 5) is 12.0. The number of fused-ring (bicyclic) bond motifs is 1. The molecule has 0 heterocycles. The van der Waals surface area contributed by atoms with Crippen molar-refractivity contribution in [2.75, 3.05) is 0 Å². The van der Waals surface area contributed by atoms with E-state index in [0.717, 1.165) is 25.7 Å². The lowest BCUT2D eigenvalue weighted by Gasteiger charge is -2.30. The van der Waals surface area contributed by atoms with Crippen LogP contribution in [-0.4, -0.2) is 17.0 Å². The number of rotatable bonds is 0. The van der Waals surface area contributed by atoms with E-state index in [-0.39, 0.29) is 17.4 Å². The number of Topliss-reactive ketones (excluding diaryl/α,β-unsaturated/α-hetero) is 1. The highest BCUT2D eigenvalue weighted by molar-refractivity contribution is 5.88. The van der Waals surface area contributed by atoms with Gasteiger partial charge in [0.05, 0.1) is 6.10 Å². The summed E-state index contributed by atoms with van der Waals surface area (Å²) < 4.78 is 0. The molecule has 0 aromatic carbocycles. The van der Waals surface area contributed by atoms with Gasteiger partial charge in [0.25, 0.3) is 0 Å². The van der Waals surface area contributed by atoms with E-state index in [2.05, 4.69) is 6.58 Å². The third-order valence-electron chi connectivity index (χ3n) is 4.68. The lowest BCUT2D eigenvalue weighted by Crippen LogP contribution is -2.35. The van der Waals surface area contributed by atoms with Gasteiger partial charge >= 0.3 is 0 Å². The summed E-state index contributed by atoms with van der Waals surface area (Å²) in [5.74, 6) is 1.02. The van der Waals surface area contributed by atoms with Crippen LogP contribution in [0, 0.1) is 17.3 Å². The van der Waals surface area contributed by atoms with E-state index in [1.54, 1.807) is 0 Å². The monoisotopic (exact) mass is 192 g/mol. The number of aliphatic hydroxyl groups is 1. The van der Waals surface area contributed by atoms with Crippen LogP contribution in [0.25, 0.3) is 0 Å². The fourth-order valence-corrected chi connectivity index (χ4v) is 4.02. The molecule has 0 aromatic heterocycles. The van der Waals surface area contributed by atoms with Gasteiger partial charge in [0.15, 0.2) is 0 Å². The Bertz CT molecular complexity index is 320. The fourth-order valence-electron chi connectivity index (χ4n) is 4.02. The molecule has 1 spiro atoms. The molecule has 76 valence electrons. The first kappa shape index (κ1) is 8.66. The van der Waals surface area contributed by atoms with Gasteiger partial charge in [0, 0.05) is 17.8 Å². The van der Waals surface area contributed by atoms with Crippen molar-refractivity contribution < 1.29 is 9.90 Å². The molecule has 1 N–H and O–H groups in total. The Kier molecular flexibility index (Phi) is 1.54. The largest absolute Gasteiger partial charge is 0.392 e. The zero-order valence-corrected chi connectivity index (χ0v) is 8.33. The third kappa shape index (κ3) is 0.789. The Morgan fingerprint density at radius 1 is 1.43 bits per heavy atom. The zero-order valence-electron chi connectivity index (χ0n) is 8.33. The maximum Gasteiger partial charge on any atom is 0.139 e. The summed E-state index contributed by atoms with van der Waals surface area (Å²) in [6, 6.07) is 0. The minimum Gasteiger partial charge on any atom is -0.392 e. The van der Waals surface area contributed by atoms with Crippen molar-refractivity contribution in [2.24, 2.45) is 17.3 Å². The van der Waals surface area contributed by atoms with E-state index >= 15 is 0 Å². The first-order valence-corrected chi connectivity index (χ1v) is 5.55. The van der Waals surface area contributed by atoms with Crippen LogP contribution in [0.5, 0.6) is 0 Å². The first-order chi connectivity index (χ1) is 6.65. The SMILES string of the molecule is C=C1[C@H]2CCC(=O)[C@]3(CC[C@H](O)[C@H]13)C2. The molecular formula is C12H16O2. The van der Waals surface area contributed by atoms with Crippen LogP contribution in [0.2, 0.25) is 0 Å². The number of aliphatic hydroxyl groups excluding tert-OH is 1. The van der Waals surface area contributed by atoms with Gasteiger partial charge in [-0.25, -0.2) is 0 Å². The van der Waals surface area contributed by atoms with E-state index < -0.39 is 0 Å². The molecule has 0 aliphatic heterocycles. The highest BCUT2D eigenvalue weighted by atomic mass is 16.3. The van der Waals surface area contributed by atoms with Crippen molar-refractivity contribution in [1.82, 2.24) is 0 Å². The van der Waals surface area contributed by atoms with Crippen molar-refractivity contribution in [1.29, 1.82) is 0 Å². The third-order valence-corrected chi connectivity index (χ3v) is 4.68. The predicted octanol–water partition coefficient (Wildman–Crippen LogP) is 1.68. The molecule has 14 heavy (non-hydrogen) atoms. The molecule has 2 heteroatoms. The van der Waals surface area contributed by atoms with Crippen molar-refractivity contribution >= 4 is 5.78 Å². The molecule has 3 aliphatic carbocycles. The van der Waals surface area contributed by atoms with Gasteiger partial charge in [0.2, 0.25) is 0 Å². The van der Waals surface area contributed by atoms with Gasteiger partial charge in [-0.15, -0.1) is 0 Å². The highest BCUT2D eigenvalue weighted by Gasteiger charge is 2.61. The second-order valence-electron chi connectivity index (χ2n) is 5.18. The van der Waals surface area contributed by atoms with Gasteiger partial charge < -0.3 is 5.11 Å². The molecule has 0 unspecified atom stereocenters. The normalized spacial score (nSPS) is 51.1. The van der Waals surface area contributed by atoms with Crippen molar-refractivity contribution in [3.63, 3.8) is 0 Å². The van der Waals surface area contributed by atoms with Crippen LogP contribution in [-0.2, 0) is 4.79 Å². The second kappa shape index (κ2) is 2.48. The number of hydrogen-bond donors (Lipinski definition) is 1. The smallest absolute Gasteiger partial charge is 0.139 e. The van der Waals surface area contributed by atoms with Crippen molar-refractivity contribution in [2.45, 2.75) is 38.2 Å². The molecule has 3 fully saturated rings. The van der Waals surface area contributed by atoms with Crippen LogP contribution in [0.3, 0.4) is 0 Å². The molecule has 2 bridgehead atoms. The molecule has 0 amide bonds. The van der Waals surface area contributed by atoms with Crippen molar-refractivity contribution in [3.05, 3.63) is 12.2 Å². The molecular weight excluding hydrogens is 176 g/mol. The Morgan fingerprint density at radius 3 is 3.00 bits per heavy atom. The van der Waals surface area contributed by atoms with Gasteiger partial charge in [-0.05, 0) is 31.6 Å². The maximum atomic E-state index is 12.0.